The van der Waals surface area contributed by atoms with Crippen molar-refractivity contribution in [3.63, 3.8) is 0 Å². The second-order valence-electron chi connectivity index (χ2n) is 4.66. The van der Waals surface area contributed by atoms with E-state index in [0.29, 0.717) is 12.4 Å². The molecule has 0 radical (unpaired) electrons. The highest BCUT2D eigenvalue weighted by Crippen LogP contribution is 2.48. The van der Waals surface area contributed by atoms with E-state index in [1.165, 1.54) is 0 Å². The van der Waals surface area contributed by atoms with E-state index in [4.69, 9.17) is 4.74 Å². The molecule has 0 bridgehead atoms. The Bertz CT molecular complexity index is 296. The van der Waals surface area contributed by atoms with Crippen LogP contribution in [-0.2, 0) is 14.6 Å². The maximum absolute atomic E-state index is 11.4. The molecular weight excluding hydrogens is 226 g/mol. The van der Waals surface area contributed by atoms with Gasteiger partial charge in [0.2, 0.25) is 0 Å². The Morgan fingerprint density at radius 3 is 2.56 bits per heavy atom. The van der Waals surface area contributed by atoms with Crippen LogP contribution in [0.15, 0.2) is 0 Å². The van der Waals surface area contributed by atoms with Gasteiger partial charge < -0.3 is 10.1 Å². The van der Waals surface area contributed by atoms with Crippen molar-refractivity contribution in [1.29, 1.82) is 0 Å². The lowest BCUT2D eigenvalue weighted by Crippen LogP contribution is -2.28. The highest BCUT2D eigenvalue weighted by atomic mass is 32.2. The monoisotopic (exact) mass is 249 g/mol. The van der Waals surface area contributed by atoms with Gasteiger partial charge >= 0.3 is 0 Å². The summed E-state index contributed by atoms with van der Waals surface area (Å²) in [6.07, 6.45) is 3.13. The minimum absolute atomic E-state index is 0.260. The molecule has 0 atom stereocenters. The molecule has 1 N–H and O–H groups in total. The van der Waals surface area contributed by atoms with Gasteiger partial charge in [-0.1, -0.05) is 6.92 Å². The molecule has 1 rings (SSSR count). The highest BCUT2D eigenvalue weighted by Gasteiger charge is 2.42. The number of sulfone groups is 1. The van der Waals surface area contributed by atoms with E-state index < -0.39 is 9.84 Å². The zero-order valence-electron chi connectivity index (χ0n) is 10.3. The Labute approximate surface area is 98.7 Å². The molecule has 1 fully saturated rings. The normalized spacial score (nSPS) is 18.6. The minimum atomic E-state index is -2.80. The van der Waals surface area contributed by atoms with E-state index in [1.807, 2.05) is 0 Å². The Morgan fingerprint density at radius 1 is 1.38 bits per heavy atom. The Kier molecular flexibility index (Phi) is 5.21. The number of methoxy groups -OCH3 is 1. The molecule has 0 aromatic heterocycles. The summed E-state index contributed by atoms with van der Waals surface area (Å²) in [4.78, 5) is 0. The topological polar surface area (TPSA) is 55.4 Å². The quantitative estimate of drug-likeness (QED) is 0.615. The Morgan fingerprint density at radius 2 is 2.06 bits per heavy atom. The zero-order valence-corrected chi connectivity index (χ0v) is 11.1. The molecule has 1 aliphatic rings. The smallest absolute Gasteiger partial charge is 0.150 e. The first kappa shape index (κ1) is 13.9. The Balaban J connectivity index is 2.20. The third kappa shape index (κ3) is 4.80. The molecule has 0 aromatic rings. The third-order valence-electron chi connectivity index (χ3n) is 3.32. The SMILES string of the molecule is CCS(=O)(=O)CCC1(CNCCOC)CC1. The number of ether oxygens (including phenoxy) is 1. The van der Waals surface area contributed by atoms with Crippen molar-refractivity contribution in [1.82, 2.24) is 5.32 Å². The van der Waals surface area contributed by atoms with Gasteiger partial charge in [-0.3, -0.25) is 0 Å². The second-order valence-corrected chi connectivity index (χ2v) is 7.13. The van der Waals surface area contributed by atoms with Gasteiger partial charge in [-0.15, -0.1) is 0 Å². The maximum atomic E-state index is 11.4. The molecule has 0 aromatic carbocycles. The van der Waals surface area contributed by atoms with Crippen LogP contribution in [0.3, 0.4) is 0 Å². The fourth-order valence-corrected chi connectivity index (χ4v) is 2.77. The van der Waals surface area contributed by atoms with Crippen molar-refractivity contribution >= 4 is 9.84 Å². The summed E-state index contributed by atoms with van der Waals surface area (Å²) in [7, 11) is -1.12. The van der Waals surface area contributed by atoms with E-state index in [-0.39, 0.29) is 11.2 Å². The lowest BCUT2D eigenvalue weighted by Gasteiger charge is -2.15. The van der Waals surface area contributed by atoms with E-state index in [0.717, 1.165) is 32.4 Å². The van der Waals surface area contributed by atoms with E-state index in [1.54, 1.807) is 14.0 Å². The molecule has 96 valence electrons. The first-order valence-electron chi connectivity index (χ1n) is 5.94. The van der Waals surface area contributed by atoms with Gasteiger partial charge in [-0.05, 0) is 24.7 Å². The lowest BCUT2D eigenvalue weighted by molar-refractivity contribution is 0.197. The predicted octanol–water partition coefficient (Wildman–Crippen LogP) is 0.827. The summed E-state index contributed by atoms with van der Waals surface area (Å²) >= 11 is 0. The average molecular weight is 249 g/mol. The van der Waals surface area contributed by atoms with Crippen LogP contribution < -0.4 is 5.32 Å². The standard InChI is InChI=1S/C11H23NO3S/c1-3-16(13,14)9-6-11(4-5-11)10-12-7-8-15-2/h12H,3-10H2,1-2H3. The molecule has 0 aliphatic heterocycles. The van der Waals surface area contributed by atoms with E-state index in [9.17, 15) is 8.42 Å². The molecule has 1 saturated carbocycles. The van der Waals surface area contributed by atoms with Crippen LogP contribution in [0.1, 0.15) is 26.2 Å². The fourth-order valence-electron chi connectivity index (χ4n) is 1.74. The van der Waals surface area contributed by atoms with Crippen molar-refractivity contribution in [2.24, 2.45) is 5.41 Å². The van der Waals surface area contributed by atoms with Crippen molar-refractivity contribution in [3.8, 4) is 0 Å². The van der Waals surface area contributed by atoms with Crippen LogP contribution in [0.25, 0.3) is 0 Å². The van der Waals surface area contributed by atoms with Crippen LogP contribution in [0.4, 0.5) is 0 Å². The molecular formula is C11H23NO3S. The molecule has 0 amide bonds. The average Bonchev–Trinajstić information content (AvgIpc) is 3.03. The van der Waals surface area contributed by atoms with Crippen molar-refractivity contribution in [2.75, 3.05) is 38.3 Å². The van der Waals surface area contributed by atoms with Gasteiger partial charge in [0.1, 0.15) is 9.84 Å². The van der Waals surface area contributed by atoms with Gasteiger partial charge in [0.15, 0.2) is 0 Å². The van der Waals surface area contributed by atoms with Crippen molar-refractivity contribution in [2.45, 2.75) is 26.2 Å². The molecule has 5 heteroatoms. The van der Waals surface area contributed by atoms with E-state index >= 15 is 0 Å². The molecule has 0 heterocycles. The van der Waals surface area contributed by atoms with Crippen LogP contribution in [0.2, 0.25) is 0 Å². The third-order valence-corrected chi connectivity index (χ3v) is 5.03. The fraction of sp³-hybridized carbons (Fsp3) is 1.00. The van der Waals surface area contributed by atoms with Gasteiger partial charge in [0.05, 0.1) is 12.4 Å². The number of hydrogen-bond donors (Lipinski definition) is 1. The summed E-state index contributed by atoms with van der Waals surface area (Å²) in [6, 6.07) is 0. The first-order chi connectivity index (χ1) is 7.54. The number of nitrogens with one attached hydrogen (secondary N) is 1. The van der Waals surface area contributed by atoms with Crippen LogP contribution >= 0.6 is 0 Å². The summed E-state index contributed by atoms with van der Waals surface area (Å²) < 4.78 is 27.8. The summed E-state index contributed by atoms with van der Waals surface area (Å²) in [6.45, 7) is 4.20. The Hall–Kier alpha value is -0.130. The molecule has 0 spiro atoms. The largest absolute Gasteiger partial charge is 0.383 e. The molecule has 0 saturated heterocycles. The number of hydrogen-bond acceptors (Lipinski definition) is 4. The molecule has 1 aliphatic carbocycles. The first-order valence-corrected chi connectivity index (χ1v) is 7.76. The summed E-state index contributed by atoms with van der Waals surface area (Å²) in [5.41, 5.74) is 0.260. The van der Waals surface area contributed by atoms with Gasteiger partial charge in [-0.2, -0.15) is 0 Å². The summed E-state index contributed by atoms with van der Waals surface area (Å²) in [5.74, 6) is 0.607. The van der Waals surface area contributed by atoms with Crippen LogP contribution in [0.5, 0.6) is 0 Å². The van der Waals surface area contributed by atoms with Crippen molar-refractivity contribution in [3.05, 3.63) is 0 Å². The predicted molar refractivity (Wildman–Crippen MR) is 65.4 cm³/mol. The highest BCUT2D eigenvalue weighted by molar-refractivity contribution is 7.91. The second kappa shape index (κ2) is 5.98. The van der Waals surface area contributed by atoms with Gasteiger partial charge in [-0.25, -0.2) is 8.42 Å². The minimum Gasteiger partial charge on any atom is -0.383 e. The van der Waals surface area contributed by atoms with Gasteiger partial charge in [0, 0.05) is 26.0 Å². The van der Waals surface area contributed by atoms with Crippen LogP contribution in [0, 0.1) is 5.41 Å². The van der Waals surface area contributed by atoms with Crippen LogP contribution in [-0.4, -0.2) is 46.7 Å². The summed E-state index contributed by atoms with van der Waals surface area (Å²) in [5, 5.41) is 3.32. The van der Waals surface area contributed by atoms with Crippen molar-refractivity contribution < 1.29 is 13.2 Å². The zero-order chi connectivity index (χ0) is 12.1. The maximum Gasteiger partial charge on any atom is 0.150 e. The molecule has 16 heavy (non-hydrogen) atoms. The lowest BCUT2D eigenvalue weighted by atomic mass is 10.0. The molecule has 0 unspecified atom stereocenters. The van der Waals surface area contributed by atoms with E-state index in [2.05, 4.69) is 5.32 Å². The number of rotatable bonds is 9. The molecule has 4 nitrogen and oxygen atoms in total. The van der Waals surface area contributed by atoms with Gasteiger partial charge in [0.25, 0.3) is 0 Å².